The van der Waals surface area contributed by atoms with Crippen LogP contribution in [-0.4, -0.2) is 62.9 Å². The van der Waals surface area contributed by atoms with Gasteiger partial charge in [0, 0.05) is 44.0 Å². The molecule has 0 atom stereocenters. The summed E-state index contributed by atoms with van der Waals surface area (Å²) in [5.74, 6) is 0.504. The summed E-state index contributed by atoms with van der Waals surface area (Å²) >= 11 is 0. The second-order valence-electron chi connectivity index (χ2n) is 7.89. The molecule has 0 saturated carbocycles. The summed E-state index contributed by atoms with van der Waals surface area (Å²) in [6.07, 6.45) is 7.83. The van der Waals surface area contributed by atoms with Gasteiger partial charge in [0.2, 0.25) is 5.95 Å². The molecule has 1 N–H and O–H groups in total. The van der Waals surface area contributed by atoms with E-state index in [9.17, 15) is 4.39 Å². The molecule has 0 aliphatic carbocycles. The van der Waals surface area contributed by atoms with E-state index in [0.29, 0.717) is 11.8 Å². The summed E-state index contributed by atoms with van der Waals surface area (Å²) in [5, 5.41) is 7.49. The first-order valence-corrected chi connectivity index (χ1v) is 10.4. The van der Waals surface area contributed by atoms with Crippen LogP contribution in [0.25, 0.3) is 11.3 Å². The van der Waals surface area contributed by atoms with Crippen LogP contribution >= 0.6 is 0 Å². The first-order valence-electron chi connectivity index (χ1n) is 10.4. The fourth-order valence-corrected chi connectivity index (χ4v) is 4.06. The van der Waals surface area contributed by atoms with Gasteiger partial charge < -0.3 is 15.1 Å². The Morgan fingerprint density at radius 2 is 1.83 bits per heavy atom. The lowest BCUT2D eigenvalue weighted by Crippen LogP contribution is -2.44. The molecular formula is C21H25FN8. The minimum atomic E-state index is -0.444. The number of aryl methyl sites for hydroxylation is 1. The van der Waals surface area contributed by atoms with Crippen molar-refractivity contribution in [3.05, 3.63) is 42.2 Å². The molecule has 156 valence electrons. The lowest BCUT2D eigenvalue weighted by molar-refractivity contribution is 0.313. The van der Waals surface area contributed by atoms with E-state index in [4.69, 9.17) is 0 Å². The van der Waals surface area contributed by atoms with Crippen molar-refractivity contribution < 1.29 is 4.39 Å². The van der Waals surface area contributed by atoms with E-state index in [1.807, 2.05) is 23.0 Å². The van der Waals surface area contributed by atoms with Gasteiger partial charge >= 0.3 is 0 Å². The second kappa shape index (κ2) is 7.98. The number of nitrogens with zero attached hydrogens (tertiary/aromatic N) is 7. The summed E-state index contributed by atoms with van der Waals surface area (Å²) in [7, 11) is 2.14. The Labute approximate surface area is 174 Å². The number of nitrogens with one attached hydrogen (secondary N) is 1. The van der Waals surface area contributed by atoms with E-state index in [0.717, 1.165) is 68.9 Å². The smallest absolute Gasteiger partial charge is 0.229 e. The number of piperazine rings is 1. The largest absolute Gasteiger partial charge is 0.368 e. The van der Waals surface area contributed by atoms with Gasteiger partial charge in [-0.05, 0) is 38.4 Å². The highest BCUT2D eigenvalue weighted by atomic mass is 19.1. The number of likely N-dealkylation sites (N-methyl/N-ethyl adjacent to an activating group) is 1. The number of halogens is 1. The molecule has 5 heterocycles. The molecule has 5 rings (SSSR count). The Morgan fingerprint density at radius 1 is 0.967 bits per heavy atom. The van der Waals surface area contributed by atoms with Crippen LogP contribution in [0.1, 0.15) is 18.5 Å². The normalized spacial score (nSPS) is 17.1. The van der Waals surface area contributed by atoms with Gasteiger partial charge in [-0.3, -0.25) is 4.68 Å². The van der Waals surface area contributed by atoms with Crippen molar-refractivity contribution >= 4 is 17.5 Å². The molecule has 3 aromatic heterocycles. The molecule has 2 aliphatic heterocycles. The van der Waals surface area contributed by atoms with E-state index in [1.165, 1.54) is 6.20 Å². The molecule has 2 aliphatic rings. The summed E-state index contributed by atoms with van der Waals surface area (Å²) in [5.41, 5.74) is 3.17. The number of hydrogen-bond donors (Lipinski definition) is 1. The Kier molecular flexibility index (Phi) is 5.04. The maximum Gasteiger partial charge on any atom is 0.229 e. The molecule has 0 unspecified atom stereocenters. The summed E-state index contributed by atoms with van der Waals surface area (Å²) in [6.45, 7) is 4.95. The van der Waals surface area contributed by atoms with Crippen molar-refractivity contribution in [3.8, 4) is 11.3 Å². The van der Waals surface area contributed by atoms with Gasteiger partial charge in [0.25, 0.3) is 0 Å². The number of pyridine rings is 1. The zero-order valence-corrected chi connectivity index (χ0v) is 17.1. The lowest BCUT2D eigenvalue weighted by Gasteiger charge is -2.33. The minimum absolute atomic E-state index is 0.282. The molecule has 0 radical (unpaired) electrons. The SMILES string of the molecule is CN1CCN(c2ccc(Nc3ncc(F)c(-c4cnn5c4CCCC5)n3)nc2)CC1. The van der Waals surface area contributed by atoms with Gasteiger partial charge in [0.1, 0.15) is 11.5 Å². The van der Waals surface area contributed by atoms with Gasteiger partial charge in [-0.15, -0.1) is 0 Å². The fraction of sp³-hybridized carbons (Fsp3) is 0.429. The number of hydrogen-bond acceptors (Lipinski definition) is 7. The van der Waals surface area contributed by atoms with E-state index < -0.39 is 5.82 Å². The molecule has 0 bridgehead atoms. The third-order valence-electron chi connectivity index (χ3n) is 5.84. The van der Waals surface area contributed by atoms with Crippen LogP contribution in [0, 0.1) is 5.82 Å². The number of fused-ring (bicyclic) bond motifs is 1. The van der Waals surface area contributed by atoms with Crippen molar-refractivity contribution in [2.24, 2.45) is 0 Å². The topological polar surface area (TPSA) is 75.0 Å². The third kappa shape index (κ3) is 3.72. The van der Waals surface area contributed by atoms with Crippen molar-refractivity contribution in [2.45, 2.75) is 25.8 Å². The summed E-state index contributed by atoms with van der Waals surface area (Å²) in [4.78, 5) is 17.7. The predicted octanol–water partition coefficient (Wildman–Crippen LogP) is 2.71. The van der Waals surface area contributed by atoms with Crippen molar-refractivity contribution in [1.82, 2.24) is 29.6 Å². The number of anilines is 3. The molecule has 8 nitrogen and oxygen atoms in total. The van der Waals surface area contributed by atoms with Gasteiger partial charge in [-0.1, -0.05) is 0 Å². The van der Waals surface area contributed by atoms with Crippen molar-refractivity contribution in [1.29, 1.82) is 0 Å². The molecule has 30 heavy (non-hydrogen) atoms. The number of rotatable bonds is 4. The highest BCUT2D eigenvalue weighted by Gasteiger charge is 2.20. The van der Waals surface area contributed by atoms with Gasteiger partial charge in [-0.25, -0.2) is 19.3 Å². The molecular weight excluding hydrogens is 383 g/mol. The number of aromatic nitrogens is 5. The third-order valence-corrected chi connectivity index (χ3v) is 5.84. The molecule has 0 spiro atoms. The Balaban J connectivity index is 1.34. The van der Waals surface area contributed by atoms with Crippen LogP contribution in [0.3, 0.4) is 0 Å². The van der Waals surface area contributed by atoms with Crippen LogP contribution in [0.15, 0.2) is 30.7 Å². The van der Waals surface area contributed by atoms with Crippen LogP contribution in [0.5, 0.6) is 0 Å². The van der Waals surface area contributed by atoms with Crippen LogP contribution in [0.4, 0.5) is 21.8 Å². The molecule has 0 aromatic carbocycles. The Bertz CT molecular complexity index is 1020. The Hall–Kier alpha value is -3.07. The average molecular weight is 408 g/mol. The average Bonchev–Trinajstić information content (AvgIpc) is 3.20. The first kappa shape index (κ1) is 18.9. The standard InChI is InChI=1S/C21H25FN8/c1-28-8-10-29(11-9-28)15-5-6-19(23-12-15)26-21-24-14-17(22)20(27-21)16-13-25-30-7-3-2-4-18(16)30/h5-6,12-14H,2-4,7-11H2,1H3,(H,23,24,26,27). The molecule has 3 aromatic rings. The quantitative estimate of drug-likeness (QED) is 0.711. The van der Waals surface area contributed by atoms with E-state index >= 15 is 0 Å². The molecule has 0 amide bonds. The van der Waals surface area contributed by atoms with E-state index in [-0.39, 0.29) is 5.69 Å². The Morgan fingerprint density at radius 3 is 2.63 bits per heavy atom. The fourth-order valence-electron chi connectivity index (χ4n) is 4.06. The molecule has 9 heteroatoms. The highest BCUT2D eigenvalue weighted by Crippen LogP contribution is 2.29. The van der Waals surface area contributed by atoms with Crippen molar-refractivity contribution in [2.75, 3.05) is 43.4 Å². The van der Waals surface area contributed by atoms with Crippen molar-refractivity contribution in [3.63, 3.8) is 0 Å². The lowest BCUT2D eigenvalue weighted by atomic mass is 10.0. The maximum absolute atomic E-state index is 14.5. The predicted molar refractivity (Wildman–Crippen MR) is 113 cm³/mol. The zero-order valence-electron chi connectivity index (χ0n) is 17.1. The van der Waals surface area contributed by atoms with Gasteiger partial charge in [-0.2, -0.15) is 5.10 Å². The highest BCUT2D eigenvalue weighted by molar-refractivity contribution is 5.64. The van der Waals surface area contributed by atoms with E-state index in [1.54, 1.807) is 6.20 Å². The van der Waals surface area contributed by atoms with Gasteiger partial charge in [0.15, 0.2) is 5.82 Å². The maximum atomic E-state index is 14.5. The summed E-state index contributed by atoms with van der Waals surface area (Å²) < 4.78 is 16.5. The molecule has 1 fully saturated rings. The van der Waals surface area contributed by atoms with Gasteiger partial charge in [0.05, 0.1) is 24.3 Å². The van der Waals surface area contributed by atoms with E-state index in [2.05, 4.69) is 42.2 Å². The minimum Gasteiger partial charge on any atom is -0.368 e. The monoisotopic (exact) mass is 408 g/mol. The van der Waals surface area contributed by atoms with Crippen LogP contribution < -0.4 is 10.2 Å². The zero-order chi connectivity index (χ0) is 20.5. The first-order chi connectivity index (χ1) is 14.7. The second-order valence-corrected chi connectivity index (χ2v) is 7.89. The van der Waals surface area contributed by atoms with Crippen LogP contribution in [-0.2, 0) is 13.0 Å². The van der Waals surface area contributed by atoms with Crippen LogP contribution in [0.2, 0.25) is 0 Å². The molecule has 1 saturated heterocycles. The summed E-state index contributed by atoms with van der Waals surface area (Å²) in [6, 6.07) is 3.95.